The maximum Gasteiger partial charge on any atom is 0.148 e. The molecule has 0 spiro atoms. The molecule has 0 radical (unpaired) electrons. The Kier molecular flexibility index (Phi) is 3.50. The van der Waals surface area contributed by atoms with E-state index in [1.54, 1.807) is 11.3 Å². The molecule has 0 atom stereocenters. The van der Waals surface area contributed by atoms with E-state index in [1.807, 2.05) is 25.6 Å². The van der Waals surface area contributed by atoms with Crippen molar-refractivity contribution in [2.75, 3.05) is 10.7 Å². The normalized spacial score (nSPS) is 10.3. The van der Waals surface area contributed by atoms with Gasteiger partial charge in [-0.15, -0.1) is 11.3 Å². The first-order valence-electron chi connectivity index (χ1n) is 5.14. The van der Waals surface area contributed by atoms with Crippen LogP contribution in [0.3, 0.4) is 0 Å². The highest BCUT2D eigenvalue weighted by Crippen LogP contribution is 2.19. The van der Waals surface area contributed by atoms with Crippen molar-refractivity contribution in [1.29, 1.82) is 0 Å². The van der Waals surface area contributed by atoms with Gasteiger partial charge in [0, 0.05) is 16.6 Å². The summed E-state index contributed by atoms with van der Waals surface area (Å²) in [6.07, 6.45) is 1.84. The summed E-state index contributed by atoms with van der Waals surface area (Å²) in [7, 11) is 0. The number of hydrogen-bond acceptors (Lipinski definition) is 7. The van der Waals surface area contributed by atoms with Crippen LogP contribution in [-0.4, -0.2) is 15.0 Å². The molecule has 7 heteroatoms. The van der Waals surface area contributed by atoms with Crippen molar-refractivity contribution in [3.8, 4) is 0 Å². The number of thiazole rings is 1. The fourth-order valence-electron chi connectivity index (χ4n) is 1.44. The van der Waals surface area contributed by atoms with Crippen LogP contribution in [0.15, 0.2) is 11.7 Å². The van der Waals surface area contributed by atoms with Crippen molar-refractivity contribution in [3.05, 3.63) is 28.0 Å². The van der Waals surface area contributed by atoms with Crippen LogP contribution in [-0.2, 0) is 6.54 Å². The predicted octanol–water partition coefficient (Wildman–Crippen LogP) is 1.45. The Labute approximate surface area is 103 Å². The molecule has 0 saturated heterocycles. The lowest BCUT2D eigenvalue weighted by Crippen LogP contribution is -2.13. The van der Waals surface area contributed by atoms with Crippen molar-refractivity contribution in [1.82, 2.24) is 15.0 Å². The monoisotopic (exact) mass is 250 g/mol. The molecule has 2 heterocycles. The lowest BCUT2D eigenvalue weighted by molar-refractivity contribution is 1.00. The molecule has 0 aliphatic heterocycles. The molecule has 0 unspecified atom stereocenters. The van der Waals surface area contributed by atoms with Gasteiger partial charge in [0.25, 0.3) is 0 Å². The second-order valence-corrected chi connectivity index (χ2v) is 4.53. The van der Waals surface area contributed by atoms with E-state index < -0.39 is 0 Å². The molecule has 17 heavy (non-hydrogen) atoms. The van der Waals surface area contributed by atoms with E-state index in [9.17, 15) is 0 Å². The molecule has 0 aliphatic carbocycles. The minimum atomic E-state index is 0.643. The Morgan fingerprint density at radius 1 is 1.29 bits per heavy atom. The standard InChI is InChI=1S/C10H14N6S/c1-6-9(13-4-8-3-12-5-17-8)14-7(2)15-10(6)16-11/h3,5H,4,11H2,1-2H3,(H2,13,14,15,16). The van der Waals surface area contributed by atoms with Crippen LogP contribution in [0, 0.1) is 13.8 Å². The third-order valence-corrected chi connectivity index (χ3v) is 3.09. The Morgan fingerprint density at radius 2 is 2.06 bits per heavy atom. The van der Waals surface area contributed by atoms with Gasteiger partial charge in [-0.3, -0.25) is 4.98 Å². The second-order valence-electron chi connectivity index (χ2n) is 3.56. The second kappa shape index (κ2) is 5.07. The summed E-state index contributed by atoms with van der Waals surface area (Å²) in [5.74, 6) is 7.51. The fraction of sp³-hybridized carbons (Fsp3) is 0.300. The van der Waals surface area contributed by atoms with Crippen LogP contribution in [0.4, 0.5) is 11.6 Å². The van der Waals surface area contributed by atoms with E-state index >= 15 is 0 Å². The summed E-state index contributed by atoms with van der Waals surface area (Å²) in [6, 6.07) is 0. The lowest BCUT2D eigenvalue weighted by atomic mass is 10.3. The molecule has 0 amide bonds. The zero-order valence-electron chi connectivity index (χ0n) is 9.69. The van der Waals surface area contributed by atoms with Crippen LogP contribution in [0.1, 0.15) is 16.3 Å². The van der Waals surface area contributed by atoms with E-state index in [2.05, 4.69) is 25.7 Å². The number of nitrogen functional groups attached to an aromatic ring is 1. The number of nitrogens with two attached hydrogens (primary N) is 1. The molecule has 0 bridgehead atoms. The predicted molar refractivity (Wildman–Crippen MR) is 68.8 cm³/mol. The number of anilines is 2. The van der Waals surface area contributed by atoms with Gasteiger partial charge in [0.2, 0.25) is 0 Å². The Balaban J connectivity index is 2.17. The van der Waals surface area contributed by atoms with E-state index in [0.717, 1.165) is 16.3 Å². The zero-order chi connectivity index (χ0) is 12.3. The molecule has 4 N–H and O–H groups in total. The van der Waals surface area contributed by atoms with Gasteiger partial charge in [0.15, 0.2) is 0 Å². The first-order valence-corrected chi connectivity index (χ1v) is 6.01. The largest absolute Gasteiger partial charge is 0.365 e. The fourth-order valence-corrected chi connectivity index (χ4v) is 1.98. The van der Waals surface area contributed by atoms with E-state index in [4.69, 9.17) is 5.84 Å². The first-order chi connectivity index (χ1) is 8.20. The molecule has 0 saturated carbocycles. The number of aryl methyl sites for hydroxylation is 1. The minimum Gasteiger partial charge on any atom is -0.365 e. The van der Waals surface area contributed by atoms with Crippen molar-refractivity contribution >= 4 is 23.0 Å². The maximum atomic E-state index is 5.40. The number of aromatic nitrogens is 3. The van der Waals surface area contributed by atoms with Crippen LogP contribution >= 0.6 is 11.3 Å². The Morgan fingerprint density at radius 3 is 2.71 bits per heavy atom. The Bertz CT molecular complexity index is 496. The zero-order valence-corrected chi connectivity index (χ0v) is 10.5. The highest BCUT2D eigenvalue weighted by atomic mass is 32.1. The van der Waals surface area contributed by atoms with Crippen molar-refractivity contribution in [3.63, 3.8) is 0 Å². The maximum absolute atomic E-state index is 5.40. The molecule has 2 aromatic rings. The first kappa shape index (κ1) is 11.7. The molecule has 90 valence electrons. The van der Waals surface area contributed by atoms with Crippen molar-refractivity contribution in [2.45, 2.75) is 20.4 Å². The minimum absolute atomic E-state index is 0.643. The van der Waals surface area contributed by atoms with Crippen LogP contribution in [0.25, 0.3) is 0 Å². The highest BCUT2D eigenvalue weighted by molar-refractivity contribution is 7.09. The van der Waals surface area contributed by atoms with Gasteiger partial charge in [0.05, 0.1) is 12.1 Å². The molecule has 6 nitrogen and oxygen atoms in total. The quantitative estimate of drug-likeness (QED) is 0.562. The van der Waals surface area contributed by atoms with Gasteiger partial charge in [-0.2, -0.15) is 0 Å². The smallest absolute Gasteiger partial charge is 0.148 e. The molecule has 0 aromatic carbocycles. The number of hydrogen-bond donors (Lipinski definition) is 3. The van der Waals surface area contributed by atoms with Crippen LogP contribution in [0.5, 0.6) is 0 Å². The SMILES string of the molecule is Cc1nc(NN)c(C)c(NCc2cncs2)n1. The molecule has 2 rings (SSSR count). The van der Waals surface area contributed by atoms with Gasteiger partial charge >= 0.3 is 0 Å². The number of nitrogens with zero attached hydrogens (tertiary/aromatic N) is 3. The van der Waals surface area contributed by atoms with Crippen LogP contribution in [0.2, 0.25) is 0 Å². The molecule has 0 aliphatic rings. The third-order valence-electron chi connectivity index (χ3n) is 2.31. The van der Waals surface area contributed by atoms with Gasteiger partial charge < -0.3 is 10.7 Å². The van der Waals surface area contributed by atoms with Gasteiger partial charge in [0.1, 0.15) is 17.5 Å². The molecule has 0 fully saturated rings. The van der Waals surface area contributed by atoms with Crippen molar-refractivity contribution < 1.29 is 0 Å². The van der Waals surface area contributed by atoms with Gasteiger partial charge in [-0.1, -0.05) is 0 Å². The van der Waals surface area contributed by atoms with E-state index in [0.29, 0.717) is 18.2 Å². The third kappa shape index (κ3) is 2.69. The van der Waals surface area contributed by atoms with Crippen molar-refractivity contribution in [2.24, 2.45) is 5.84 Å². The van der Waals surface area contributed by atoms with E-state index in [-0.39, 0.29) is 0 Å². The Hall–Kier alpha value is -1.73. The molecular weight excluding hydrogens is 236 g/mol. The number of hydrazine groups is 1. The number of nitrogens with one attached hydrogen (secondary N) is 2. The summed E-state index contributed by atoms with van der Waals surface area (Å²) >= 11 is 1.60. The molecular formula is C10H14N6S. The van der Waals surface area contributed by atoms with E-state index in [1.165, 1.54) is 0 Å². The topological polar surface area (TPSA) is 88.8 Å². The summed E-state index contributed by atoms with van der Waals surface area (Å²) in [5, 5.41) is 3.25. The summed E-state index contributed by atoms with van der Waals surface area (Å²) in [4.78, 5) is 13.7. The summed E-state index contributed by atoms with van der Waals surface area (Å²) in [6.45, 7) is 4.45. The van der Waals surface area contributed by atoms with Gasteiger partial charge in [-0.25, -0.2) is 15.8 Å². The average molecular weight is 250 g/mol. The molecule has 2 aromatic heterocycles. The average Bonchev–Trinajstić information content (AvgIpc) is 2.82. The number of rotatable bonds is 4. The summed E-state index contributed by atoms with van der Waals surface area (Å²) < 4.78 is 0. The lowest BCUT2D eigenvalue weighted by Gasteiger charge is -2.11. The summed E-state index contributed by atoms with van der Waals surface area (Å²) in [5.41, 5.74) is 5.28. The van der Waals surface area contributed by atoms with Crippen LogP contribution < -0.4 is 16.6 Å². The van der Waals surface area contributed by atoms with Gasteiger partial charge in [-0.05, 0) is 13.8 Å². The highest BCUT2D eigenvalue weighted by Gasteiger charge is 2.08.